The van der Waals surface area contributed by atoms with E-state index in [1.807, 2.05) is 59.6 Å². The summed E-state index contributed by atoms with van der Waals surface area (Å²) in [5, 5.41) is 6.38. The van der Waals surface area contributed by atoms with Crippen LogP contribution in [0.2, 0.25) is 0 Å². The van der Waals surface area contributed by atoms with Crippen LogP contribution >= 0.6 is 0 Å². The van der Waals surface area contributed by atoms with Gasteiger partial charge in [0.05, 0.1) is 12.0 Å². The van der Waals surface area contributed by atoms with E-state index in [0.717, 1.165) is 17.0 Å². The van der Waals surface area contributed by atoms with Gasteiger partial charge in [-0.1, -0.05) is 42.5 Å². The third-order valence-electron chi connectivity index (χ3n) is 4.14. The molecule has 5 heteroatoms. The van der Waals surface area contributed by atoms with Gasteiger partial charge in [0.1, 0.15) is 23.8 Å². The molecule has 2 aliphatic heterocycles. The standard InChI is InChI=1S/C17H15N3O2/c18-17(21)16-15(11-6-2-1-3-7-11)13-10-22-14-9-5-4-8-12(14)20(13)19-16/h1-9,13,15H,10H2,(H2,18,21)/t13-,15+/m0/s1. The van der Waals surface area contributed by atoms with Crippen LogP contribution < -0.4 is 15.5 Å². The molecule has 0 fully saturated rings. The summed E-state index contributed by atoms with van der Waals surface area (Å²) in [5.41, 5.74) is 7.84. The Morgan fingerprint density at radius 2 is 1.86 bits per heavy atom. The summed E-state index contributed by atoms with van der Waals surface area (Å²) in [6.07, 6.45) is 0. The van der Waals surface area contributed by atoms with Crippen LogP contribution in [0.5, 0.6) is 5.75 Å². The van der Waals surface area contributed by atoms with Gasteiger partial charge in [-0.2, -0.15) is 5.10 Å². The molecule has 1 amide bonds. The molecule has 0 aliphatic carbocycles. The number of amides is 1. The molecule has 4 rings (SSSR count). The van der Waals surface area contributed by atoms with Crippen molar-refractivity contribution >= 4 is 17.3 Å². The van der Waals surface area contributed by atoms with Crippen molar-refractivity contribution in [2.75, 3.05) is 11.6 Å². The number of nitrogens with two attached hydrogens (primary N) is 1. The first kappa shape index (κ1) is 12.9. The molecule has 0 saturated heterocycles. The Kier molecular flexibility index (Phi) is 2.85. The second-order valence-corrected chi connectivity index (χ2v) is 5.43. The van der Waals surface area contributed by atoms with Gasteiger partial charge in [-0.15, -0.1) is 0 Å². The molecule has 0 saturated carbocycles. The van der Waals surface area contributed by atoms with Crippen LogP contribution in [-0.4, -0.2) is 24.3 Å². The number of carbonyl (C=O) groups excluding carboxylic acids is 1. The van der Waals surface area contributed by atoms with Gasteiger partial charge < -0.3 is 10.5 Å². The molecule has 0 bridgehead atoms. The normalized spacial score (nSPS) is 22.4. The summed E-state index contributed by atoms with van der Waals surface area (Å²) >= 11 is 0. The lowest BCUT2D eigenvalue weighted by molar-refractivity contribution is -0.112. The van der Waals surface area contributed by atoms with Gasteiger partial charge in [0.25, 0.3) is 5.91 Å². The molecular weight excluding hydrogens is 278 g/mol. The number of hydrazone groups is 1. The number of rotatable bonds is 2. The van der Waals surface area contributed by atoms with Gasteiger partial charge in [0, 0.05) is 0 Å². The van der Waals surface area contributed by atoms with E-state index in [9.17, 15) is 4.79 Å². The van der Waals surface area contributed by atoms with Crippen molar-refractivity contribution in [1.82, 2.24) is 0 Å². The van der Waals surface area contributed by atoms with E-state index in [1.54, 1.807) is 0 Å². The van der Waals surface area contributed by atoms with E-state index in [4.69, 9.17) is 10.5 Å². The summed E-state index contributed by atoms with van der Waals surface area (Å²) in [4.78, 5) is 11.9. The van der Waals surface area contributed by atoms with Crippen LogP contribution in [0.4, 0.5) is 5.69 Å². The maximum absolute atomic E-state index is 11.9. The van der Waals surface area contributed by atoms with Crippen LogP contribution in [0.1, 0.15) is 11.5 Å². The highest BCUT2D eigenvalue weighted by Crippen LogP contribution is 2.42. The zero-order chi connectivity index (χ0) is 15.1. The van der Waals surface area contributed by atoms with Gasteiger partial charge in [-0.05, 0) is 17.7 Å². The molecule has 0 spiro atoms. The fourth-order valence-corrected chi connectivity index (χ4v) is 3.16. The predicted molar refractivity (Wildman–Crippen MR) is 84.0 cm³/mol. The van der Waals surface area contributed by atoms with Crippen LogP contribution in [-0.2, 0) is 4.79 Å². The van der Waals surface area contributed by atoms with E-state index < -0.39 is 5.91 Å². The highest BCUT2D eigenvalue weighted by atomic mass is 16.5. The zero-order valence-electron chi connectivity index (χ0n) is 11.8. The monoisotopic (exact) mass is 293 g/mol. The van der Waals surface area contributed by atoms with Crippen molar-refractivity contribution in [2.24, 2.45) is 10.8 Å². The zero-order valence-corrected chi connectivity index (χ0v) is 11.8. The summed E-state index contributed by atoms with van der Waals surface area (Å²) < 4.78 is 5.85. The molecule has 2 atom stereocenters. The van der Waals surface area contributed by atoms with Gasteiger partial charge in [0.2, 0.25) is 0 Å². The van der Waals surface area contributed by atoms with Crippen molar-refractivity contribution in [3.8, 4) is 5.75 Å². The van der Waals surface area contributed by atoms with E-state index in [0.29, 0.717) is 12.3 Å². The Balaban J connectivity index is 1.82. The average molecular weight is 293 g/mol. The highest BCUT2D eigenvalue weighted by molar-refractivity contribution is 6.41. The minimum absolute atomic E-state index is 0.0557. The minimum Gasteiger partial charge on any atom is -0.489 e. The number of hydrogen-bond donors (Lipinski definition) is 1. The number of benzene rings is 2. The quantitative estimate of drug-likeness (QED) is 0.919. The van der Waals surface area contributed by atoms with E-state index in [1.165, 1.54) is 0 Å². The van der Waals surface area contributed by atoms with Crippen LogP contribution in [0.25, 0.3) is 0 Å². The second kappa shape index (κ2) is 4.87. The summed E-state index contributed by atoms with van der Waals surface area (Å²) in [5.74, 6) is 0.118. The SMILES string of the molecule is NC(=O)C1=NN2c3ccccc3OC[C@H]2[C@H]1c1ccccc1. The Morgan fingerprint density at radius 1 is 1.14 bits per heavy atom. The molecule has 2 aliphatic rings. The molecule has 2 heterocycles. The highest BCUT2D eigenvalue weighted by Gasteiger charge is 2.44. The first-order chi connectivity index (χ1) is 10.8. The lowest BCUT2D eigenvalue weighted by Crippen LogP contribution is -2.41. The molecule has 0 unspecified atom stereocenters. The number of carbonyl (C=O) groups is 1. The number of hydrogen-bond acceptors (Lipinski definition) is 4. The summed E-state index contributed by atoms with van der Waals surface area (Å²) in [7, 11) is 0. The molecule has 2 aromatic carbocycles. The molecule has 0 aromatic heterocycles. The van der Waals surface area contributed by atoms with E-state index in [2.05, 4.69) is 5.10 Å². The molecule has 0 radical (unpaired) electrons. The lowest BCUT2D eigenvalue weighted by atomic mass is 9.87. The largest absolute Gasteiger partial charge is 0.489 e. The molecule has 5 nitrogen and oxygen atoms in total. The van der Waals surface area contributed by atoms with Gasteiger partial charge in [-0.3, -0.25) is 9.80 Å². The number of anilines is 1. The third kappa shape index (κ3) is 1.86. The second-order valence-electron chi connectivity index (χ2n) is 5.43. The maximum atomic E-state index is 11.9. The van der Waals surface area contributed by atoms with E-state index in [-0.39, 0.29) is 12.0 Å². The Morgan fingerprint density at radius 3 is 2.64 bits per heavy atom. The van der Waals surface area contributed by atoms with Crippen molar-refractivity contribution in [3.63, 3.8) is 0 Å². The van der Waals surface area contributed by atoms with Crippen LogP contribution in [0.3, 0.4) is 0 Å². The minimum atomic E-state index is -0.485. The van der Waals surface area contributed by atoms with Crippen LogP contribution in [0, 0.1) is 0 Å². The lowest BCUT2D eigenvalue weighted by Gasteiger charge is -2.33. The summed E-state index contributed by atoms with van der Waals surface area (Å²) in [6, 6.07) is 17.5. The number of para-hydroxylation sites is 2. The molecule has 2 aromatic rings. The average Bonchev–Trinajstić information content (AvgIpc) is 2.96. The summed E-state index contributed by atoms with van der Waals surface area (Å²) in [6.45, 7) is 0.469. The Labute approximate surface area is 128 Å². The van der Waals surface area contributed by atoms with Crippen molar-refractivity contribution < 1.29 is 9.53 Å². The molecule has 22 heavy (non-hydrogen) atoms. The fourth-order valence-electron chi connectivity index (χ4n) is 3.16. The first-order valence-electron chi connectivity index (χ1n) is 7.20. The first-order valence-corrected chi connectivity index (χ1v) is 7.20. The Hall–Kier alpha value is -2.82. The third-order valence-corrected chi connectivity index (χ3v) is 4.14. The maximum Gasteiger partial charge on any atom is 0.265 e. The van der Waals surface area contributed by atoms with E-state index >= 15 is 0 Å². The fraction of sp³-hybridized carbons (Fsp3) is 0.176. The number of nitrogens with zero attached hydrogens (tertiary/aromatic N) is 2. The van der Waals surface area contributed by atoms with Crippen LogP contribution in [0.15, 0.2) is 59.7 Å². The van der Waals surface area contributed by atoms with Gasteiger partial charge >= 0.3 is 0 Å². The van der Waals surface area contributed by atoms with Crippen molar-refractivity contribution in [3.05, 3.63) is 60.2 Å². The number of ether oxygens (including phenoxy) is 1. The van der Waals surface area contributed by atoms with Crippen molar-refractivity contribution in [1.29, 1.82) is 0 Å². The number of primary amides is 1. The smallest absolute Gasteiger partial charge is 0.265 e. The predicted octanol–water partition coefficient (Wildman–Crippen LogP) is 1.89. The molecule has 2 N–H and O–H groups in total. The van der Waals surface area contributed by atoms with Gasteiger partial charge in [0.15, 0.2) is 0 Å². The topological polar surface area (TPSA) is 67.9 Å². The molecule has 110 valence electrons. The number of fused-ring (bicyclic) bond motifs is 3. The van der Waals surface area contributed by atoms with Crippen molar-refractivity contribution in [2.45, 2.75) is 12.0 Å². The Bertz CT molecular complexity index is 758. The molecular formula is C17H15N3O2. The van der Waals surface area contributed by atoms with Gasteiger partial charge in [-0.25, -0.2) is 0 Å².